The van der Waals surface area contributed by atoms with Gasteiger partial charge in [0.25, 0.3) is 0 Å². The second-order valence-corrected chi connectivity index (χ2v) is 4.70. The van der Waals surface area contributed by atoms with Gasteiger partial charge in [-0.25, -0.2) is 0 Å². The van der Waals surface area contributed by atoms with Gasteiger partial charge in [-0.2, -0.15) is 4.98 Å². The number of hydrogen-bond acceptors (Lipinski definition) is 6. The van der Waals surface area contributed by atoms with Gasteiger partial charge in [-0.15, -0.1) is 0 Å². The smallest absolute Gasteiger partial charge is 0.325 e. The Hall–Kier alpha value is -1.89. The van der Waals surface area contributed by atoms with Gasteiger partial charge in [0.2, 0.25) is 5.88 Å². The lowest BCUT2D eigenvalue weighted by atomic mass is 10.0. The van der Waals surface area contributed by atoms with Crippen LogP contribution in [0.2, 0.25) is 0 Å². The van der Waals surface area contributed by atoms with Crippen molar-refractivity contribution in [3.8, 4) is 5.88 Å². The van der Waals surface area contributed by atoms with Crippen molar-refractivity contribution in [3.05, 3.63) is 12.4 Å². The summed E-state index contributed by atoms with van der Waals surface area (Å²) in [6.45, 7) is 3.37. The highest BCUT2D eigenvalue weighted by molar-refractivity contribution is 5.80. The van der Waals surface area contributed by atoms with Gasteiger partial charge in [-0.3, -0.25) is 9.78 Å². The van der Waals surface area contributed by atoms with Crippen molar-refractivity contribution < 1.29 is 14.6 Å². The van der Waals surface area contributed by atoms with Crippen LogP contribution in [0.15, 0.2) is 12.4 Å². The Morgan fingerprint density at radius 2 is 2.42 bits per heavy atom. The number of nitrogens with two attached hydrogens (primary N) is 1. The first kappa shape index (κ1) is 13.5. The Bertz CT molecular complexity index is 468. The van der Waals surface area contributed by atoms with E-state index in [0.717, 1.165) is 6.42 Å². The van der Waals surface area contributed by atoms with E-state index < -0.39 is 11.5 Å². The number of carbonyl (C=O) groups is 1. The molecule has 1 aromatic rings. The summed E-state index contributed by atoms with van der Waals surface area (Å²) in [5, 5.41) is 9.10. The summed E-state index contributed by atoms with van der Waals surface area (Å²) >= 11 is 0. The van der Waals surface area contributed by atoms with Gasteiger partial charge < -0.3 is 20.5 Å². The predicted molar refractivity (Wildman–Crippen MR) is 69.2 cm³/mol. The lowest BCUT2D eigenvalue weighted by Gasteiger charge is -2.20. The van der Waals surface area contributed by atoms with E-state index in [0.29, 0.717) is 31.3 Å². The highest BCUT2D eigenvalue weighted by Gasteiger charge is 2.41. The van der Waals surface area contributed by atoms with Crippen molar-refractivity contribution in [1.82, 2.24) is 9.97 Å². The van der Waals surface area contributed by atoms with Crippen LogP contribution in [0, 0.1) is 0 Å². The van der Waals surface area contributed by atoms with Gasteiger partial charge in [0, 0.05) is 13.1 Å². The summed E-state index contributed by atoms with van der Waals surface area (Å²) in [5.74, 6) is 0.0627. The van der Waals surface area contributed by atoms with Crippen molar-refractivity contribution in [1.29, 1.82) is 0 Å². The molecule has 1 unspecified atom stereocenters. The minimum absolute atomic E-state index is 0.230. The minimum atomic E-state index is -1.21. The van der Waals surface area contributed by atoms with Crippen molar-refractivity contribution in [2.45, 2.75) is 25.3 Å². The fourth-order valence-electron chi connectivity index (χ4n) is 1.97. The molecule has 3 N–H and O–H groups in total. The molecule has 0 spiro atoms. The van der Waals surface area contributed by atoms with Gasteiger partial charge in [-0.05, 0) is 12.8 Å². The molecule has 2 heterocycles. The molecule has 2 rings (SSSR count). The Labute approximate surface area is 111 Å². The molecular formula is C12H18N4O3. The van der Waals surface area contributed by atoms with Crippen LogP contribution in [0.4, 0.5) is 5.82 Å². The fourth-order valence-corrected chi connectivity index (χ4v) is 1.97. The Kier molecular flexibility index (Phi) is 3.84. The van der Waals surface area contributed by atoms with Crippen LogP contribution in [0.5, 0.6) is 5.88 Å². The van der Waals surface area contributed by atoms with Crippen molar-refractivity contribution >= 4 is 11.8 Å². The molecule has 1 saturated heterocycles. The molecular weight excluding hydrogens is 248 g/mol. The van der Waals surface area contributed by atoms with Gasteiger partial charge >= 0.3 is 5.97 Å². The van der Waals surface area contributed by atoms with E-state index in [-0.39, 0.29) is 6.54 Å². The molecule has 0 amide bonds. The third-order valence-corrected chi connectivity index (χ3v) is 3.10. The van der Waals surface area contributed by atoms with E-state index in [1.807, 2.05) is 11.8 Å². The Morgan fingerprint density at radius 3 is 3.05 bits per heavy atom. The van der Waals surface area contributed by atoms with E-state index in [2.05, 4.69) is 9.97 Å². The third kappa shape index (κ3) is 2.93. The third-order valence-electron chi connectivity index (χ3n) is 3.10. The summed E-state index contributed by atoms with van der Waals surface area (Å²) in [6, 6.07) is 0. The number of aliphatic carboxylic acids is 1. The summed E-state index contributed by atoms with van der Waals surface area (Å²) in [5.41, 5.74) is 4.62. The molecule has 104 valence electrons. The highest BCUT2D eigenvalue weighted by Crippen LogP contribution is 2.24. The number of hydrogen-bond donors (Lipinski definition) is 2. The molecule has 19 heavy (non-hydrogen) atoms. The van der Waals surface area contributed by atoms with Crippen molar-refractivity contribution in [3.63, 3.8) is 0 Å². The SMILES string of the molecule is CCCOc1cncc(N2CCC(N)(C(=O)O)C2)n1. The largest absolute Gasteiger partial charge is 0.480 e. The second kappa shape index (κ2) is 5.40. The zero-order valence-electron chi connectivity index (χ0n) is 10.9. The first-order valence-corrected chi connectivity index (χ1v) is 6.27. The van der Waals surface area contributed by atoms with E-state index in [9.17, 15) is 4.79 Å². The number of carboxylic acids is 1. The molecule has 0 bridgehead atoms. The maximum absolute atomic E-state index is 11.1. The number of nitrogens with zero attached hydrogens (tertiary/aromatic N) is 3. The van der Waals surface area contributed by atoms with Gasteiger partial charge in [0.05, 0.1) is 19.0 Å². The zero-order valence-corrected chi connectivity index (χ0v) is 10.9. The molecule has 1 aliphatic heterocycles. The molecule has 1 atom stereocenters. The van der Waals surface area contributed by atoms with Crippen LogP contribution in [-0.4, -0.2) is 46.3 Å². The monoisotopic (exact) mass is 266 g/mol. The average Bonchev–Trinajstić information content (AvgIpc) is 2.81. The van der Waals surface area contributed by atoms with E-state index >= 15 is 0 Å². The van der Waals surface area contributed by atoms with Crippen LogP contribution in [-0.2, 0) is 4.79 Å². The van der Waals surface area contributed by atoms with Gasteiger partial charge in [-0.1, -0.05) is 6.92 Å². The lowest BCUT2D eigenvalue weighted by molar-refractivity contribution is -0.142. The van der Waals surface area contributed by atoms with E-state index in [4.69, 9.17) is 15.6 Å². The average molecular weight is 266 g/mol. The van der Waals surface area contributed by atoms with E-state index in [1.54, 1.807) is 12.4 Å². The Morgan fingerprint density at radius 1 is 1.63 bits per heavy atom. The topological polar surface area (TPSA) is 102 Å². The normalized spacial score (nSPS) is 22.5. The van der Waals surface area contributed by atoms with Crippen molar-refractivity contribution in [2.24, 2.45) is 5.73 Å². The van der Waals surface area contributed by atoms with Crippen LogP contribution < -0.4 is 15.4 Å². The Balaban J connectivity index is 2.09. The molecule has 1 aromatic heterocycles. The van der Waals surface area contributed by atoms with Crippen LogP contribution in [0.1, 0.15) is 19.8 Å². The second-order valence-electron chi connectivity index (χ2n) is 4.70. The first-order valence-electron chi connectivity index (χ1n) is 6.27. The highest BCUT2D eigenvalue weighted by atomic mass is 16.5. The molecule has 0 saturated carbocycles. The van der Waals surface area contributed by atoms with E-state index in [1.165, 1.54) is 0 Å². The molecule has 0 radical (unpaired) electrons. The maximum atomic E-state index is 11.1. The van der Waals surface area contributed by atoms with Crippen molar-refractivity contribution in [2.75, 3.05) is 24.6 Å². The summed E-state index contributed by atoms with van der Waals surface area (Å²) in [4.78, 5) is 21.3. The molecule has 1 aliphatic rings. The number of aromatic nitrogens is 2. The molecule has 0 aliphatic carbocycles. The zero-order chi connectivity index (χ0) is 13.9. The predicted octanol–water partition coefficient (Wildman–Crippen LogP) is 0.258. The first-order chi connectivity index (χ1) is 9.05. The summed E-state index contributed by atoms with van der Waals surface area (Å²) in [7, 11) is 0. The number of ether oxygens (including phenoxy) is 1. The minimum Gasteiger partial charge on any atom is -0.480 e. The quantitative estimate of drug-likeness (QED) is 0.788. The van der Waals surface area contributed by atoms with Crippen LogP contribution in [0.25, 0.3) is 0 Å². The lowest BCUT2D eigenvalue weighted by Crippen LogP contribution is -2.50. The van der Waals surface area contributed by atoms with Gasteiger partial charge in [0.1, 0.15) is 5.54 Å². The molecule has 7 heteroatoms. The summed E-state index contributed by atoms with van der Waals surface area (Å²) in [6.07, 6.45) is 4.42. The number of rotatable bonds is 5. The van der Waals surface area contributed by atoms with Crippen LogP contribution in [0.3, 0.4) is 0 Å². The number of carboxylic acid groups (broad SMARTS) is 1. The molecule has 1 fully saturated rings. The fraction of sp³-hybridized carbons (Fsp3) is 0.583. The molecule has 0 aromatic carbocycles. The maximum Gasteiger partial charge on any atom is 0.325 e. The van der Waals surface area contributed by atoms with Gasteiger partial charge in [0.15, 0.2) is 5.82 Å². The standard InChI is InChI=1S/C12H18N4O3/c1-2-5-19-10-7-14-6-9(15-10)16-4-3-12(13,8-16)11(17)18/h6-7H,2-5,8,13H2,1H3,(H,17,18). The number of anilines is 1. The summed E-state index contributed by atoms with van der Waals surface area (Å²) < 4.78 is 5.41. The van der Waals surface area contributed by atoms with Crippen LogP contribution >= 0.6 is 0 Å². The molecule has 7 nitrogen and oxygen atoms in total.